The molecule has 1 fully saturated rings. The lowest BCUT2D eigenvalue weighted by atomic mass is 10.00. The quantitative estimate of drug-likeness (QED) is 0.327. The Morgan fingerprint density at radius 1 is 1.06 bits per heavy atom. The molecule has 5 N–H and O–H groups in total. The molecular formula is C6H12O9S. The molecule has 0 spiro atoms. The first-order valence-corrected chi connectivity index (χ1v) is 5.58. The average Bonchev–Trinajstić information content (AvgIpc) is 2.17. The van der Waals surface area contributed by atoms with Crippen molar-refractivity contribution < 1.29 is 42.3 Å². The lowest BCUT2D eigenvalue weighted by Gasteiger charge is -2.37. The third-order valence-corrected chi connectivity index (χ3v) is 2.50. The van der Waals surface area contributed by atoms with Crippen molar-refractivity contribution in [3.8, 4) is 0 Å². The molecule has 9 nitrogen and oxygen atoms in total. The maximum Gasteiger partial charge on any atom is 0.397 e. The van der Waals surface area contributed by atoms with Gasteiger partial charge in [-0.15, -0.1) is 0 Å². The maximum atomic E-state index is 10.2. The van der Waals surface area contributed by atoms with Gasteiger partial charge in [0.15, 0.2) is 6.29 Å². The van der Waals surface area contributed by atoms with E-state index in [0.717, 1.165) is 0 Å². The van der Waals surface area contributed by atoms with E-state index in [9.17, 15) is 18.6 Å². The van der Waals surface area contributed by atoms with E-state index >= 15 is 0 Å². The van der Waals surface area contributed by atoms with Gasteiger partial charge in [-0.25, -0.2) is 4.18 Å². The Balaban J connectivity index is 2.61. The highest BCUT2D eigenvalue weighted by molar-refractivity contribution is 7.80. The van der Waals surface area contributed by atoms with E-state index in [0.29, 0.717) is 0 Å². The van der Waals surface area contributed by atoms with Crippen LogP contribution in [0.4, 0.5) is 0 Å². The number of aliphatic hydroxyl groups is 4. The molecule has 0 amide bonds. The molecular weight excluding hydrogens is 248 g/mol. The Kier molecular flexibility index (Phi) is 4.20. The van der Waals surface area contributed by atoms with Crippen LogP contribution in [0.5, 0.6) is 0 Å². The van der Waals surface area contributed by atoms with Gasteiger partial charge in [0.25, 0.3) is 0 Å². The summed E-state index contributed by atoms with van der Waals surface area (Å²) in [6.07, 6.45) is -8.25. The van der Waals surface area contributed by atoms with Crippen molar-refractivity contribution >= 4 is 10.4 Å². The molecule has 1 rings (SSSR count). The van der Waals surface area contributed by atoms with E-state index in [1.807, 2.05) is 0 Å². The zero-order chi connectivity index (χ0) is 12.5. The third-order valence-electron chi connectivity index (χ3n) is 2.07. The van der Waals surface area contributed by atoms with Crippen molar-refractivity contribution in [2.45, 2.75) is 30.7 Å². The minimum atomic E-state index is -4.71. The van der Waals surface area contributed by atoms with Crippen LogP contribution in [-0.2, 0) is 19.3 Å². The van der Waals surface area contributed by atoms with Crippen molar-refractivity contribution in [2.75, 3.05) is 6.61 Å². The van der Waals surface area contributed by atoms with Crippen LogP contribution in [0.1, 0.15) is 0 Å². The SMILES string of the molecule is O=S(=O)(O)OC[C@H]1O[C@H](O)[C@H](O)[C@@H](O)[C@H]1O. The fraction of sp³-hybridized carbons (Fsp3) is 1.00. The van der Waals surface area contributed by atoms with Crippen LogP contribution >= 0.6 is 0 Å². The van der Waals surface area contributed by atoms with Crippen molar-refractivity contribution in [3.05, 3.63) is 0 Å². The van der Waals surface area contributed by atoms with Crippen molar-refractivity contribution in [2.24, 2.45) is 0 Å². The molecule has 0 radical (unpaired) electrons. The van der Waals surface area contributed by atoms with Gasteiger partial charge in [-0.1, -0.05) is 0 Å². The molecule has 0 aromatic rings. The van der Waals surface area contributed by atoms with E-state index in [1.54, 1.807) is 0 Å². The molecule has 1 aliphatic rings. The van der Waals surface area contributed by atoms with E-state index in [-0.39, 0.29) is 0 Å². The lowest BCUT2D eigenvalue weighted by Crippen LogP contribution is -2.58. The predicted octanol–water partition coefficient (Wildman–Crippen LogP) is -3.39. The molecule has 0 aromatic carbocycles. The van der Waals surface area contributed by atoms with Crippen molar-refractivity contribution in [3.63, 3.8) is 0 Å². The van der Waals surface area contributed by atoms with Gasteiger partial charge in [-0.3, -0.25) is 4.55 Å². The molecule has 0 aromatic heterocycles. The van der Waals surface area contributed by atoms with Crippen molar-refractivity contribution in [1.29, 1.82) is 0 Å². The first kappa shape index (κ1) is 13.7. The highest BCUT2D eigenvalue weighted by Crippen LogP contribution is 2.20. The fourth-order valence-corrected chi connectivity index (χ4v) is 1.53. The first-order valence-electron chi connectivity index (χ1n) is 4.22. The molecule has 0 aliphatic carbocycles. The molecule has 10 heteroatoms. The molecule has 96 valence electrons. The Labute approximate surface area is 90.8 Å². The highest BCUT2D eigenvalue weighted by Gasteiger charge is 2.43. The minimum Gasteiger partial charge on any atom is -0.387 e. The molecule has 0 bridgehead atoms. The van der Waals surface area contributed by atoms with Gasteiger partial charge in [-0.2, -0.15) is 8.42 Å². The summed E-state index contributed by atoms with van der Waals surface area (Å²) in [6.45, 7) is -0.805. The summed E-state index contributed by atoms with van der Waals surface area (Å²) >= 11 is 0. The topological polar surface area (TPSA) is 154 Å². The van der Waals surface area contributed by atoms with Crippen LogP contribution in [0.25, 0.3) is 0 Å². The molecule has 1 saturated heterocycles. The largest absolute Gasteiger partial charge is 0.397 e. The zero-order valence-electron chi connectivity index (χ0n) is 7.87. The molecule has 16 heavy (non-hydrogen) atoms. The summed E-state index contributed by atoms with van der Waals surface area (Å²) in [6, 6.07) is 0. The summed E-state index contributed by atoms with van der Waals surface area (Å²) in [5.74, 6) is 0. The van der Waals surface area contributed by atoms with Gasteiger partial charge >= 0.3 is 10.4 Å². The number of aliphatic hydroxyl groups excluding tert-OH is 4. The van der Waals surface area contributed by atoms with Gasteiger partial charge < -0.3 is 25.2 Å². The van der Waals surface area contributed by atoms with Gasteiger partial charge in [0.05, 0.1) is 6.61 Å². The van der Waals surface area contributed by atoms with Crippen LogP contribution in [-0.4, -0.2) is 70.7 Å². The van der Waals surface area contributed by atoms with E-state index in [1.165, 1.54) is 0 Å². The molecule has 1 heterocycles. The molecule has 0 unspecified atom stereocenters. The normalized spacial score (nSPS) is 40.9. The fourth-order valence-electron chi connectivity index (χ4n) is 1.22. The Morgan fingerprint density at radius 3 is 2.12 bits per heavy atom. The van der Waals surface area contributed by atoms with Gasteiger partial charge in [0.1, 0.15) is 24.4 Å². The summed E-state index contributed by atoms with van der Waals surface area (Å²) < 4.78 is 37.2. The van der Waals surface area contributed by atoms with Crippen LogP contribution < -0.4 is 0 Å². The predicted molar refractivity (Wildman–Crippen MR) is 46.4 cm³/mol. The van der Waals surface area contributed by atoms with E-state index in [2.05, 4.69) is 8.92 Å². The first-order chi connectivity index (χ1) is 7.22. The second-order valence-electron chi connectivity index (χ2n) is 3.25. The Bertz CT molecular complexity index is 327. The second-order valence-corrected chi connectivity index (χ2v) is 4.34. The lowest BCUT2D eigenvalue weighted by molar-refractivity contribution is -0.285. The zero-order valence-corrected chi connectivity index (χ0v) is 8.69. The number of rotatable bonds is 3. The monoisotopic (exact) mass is 260 g/mol. The third kappa shape index (κ3) is 3.33. The number of ether oxygens (including phenoxy) is 1. The second kappa shape index (κ2) is 4.89. The van der Waals surface area contributed by atoms with E-state index < -0.39 is 47.7 Å². The maximum absolute atomic E-state index is 10.2. The van der Waals surface area contributed by atoms with E-state index in [4.69, 9.17) is 14.8 Å². The Hall–Kier alpha value is -0.330. The van der Waals surface area contributed by atoms with Gasteiger partial charge in [0, 0.05) is 0 Å². The summed E-state index contributed by atoms with van der Waals surface area (Å²) in [4.78, 5) is 0. The highest BCUT2D eigenvalue weighted by atomic mass is 32.3. The van der Waals surface area contributed by atoms with Crippen LogP contribution in [0.15, 0.2) is 0 Å². The number of hydrogen-bond donors (Lipinski definition) is 5. The smallest absolute Gasteiger partial charge is 0.387 e. The average molecular weight is 260 g/mol. The summed E-state index contributed by atoms with van der Waals surface area (Å²) in [7, 11) is -4.71. The number of hydrogen-bond acceptors (Lipinski definition) is 8. The summed E-state index contributed by atoms with van der Waals surface area (Å²) in [5.41, 5.74) is 0. The van der Waals surface area contributed by atoms with Gasteiger partial charge in [-0.05, 0) is 0 Å². The molecule has 5 atom stereocenters. The summed E-state index contributed by atoms with van der Waals surface area (Å²) in [5, 5.41) is 36.7. The van der Waals surface area contributed by atoms with Crippen molar-refractivity contribution in [1.82, 2.24) is 0 Å². The molecule has 0 saturated carbocycles. The Morgan fingerprint density at radius 2 is 1.62 bits per heavy atom. The minimum absolute atomic E-state index is 0.805. The van der Waals surface area contributed by atoms with Gasteiger partial charge in [0.2, 0.25) is 0 Å². The standard InChI is InChI=1S/C6H12O9S/c7-3-2(1-14-16(11,12)13)15-6(10)5(9)4(3)8/h2-10H,1H2,(H,11,12,13)/t2-,3+,4+,5-,6+/m1/s1. The van der Waals surface area contributed by atoms with Crippen LogP contribution in [0, 0.1) is 0 Å². The molecule has 1 aliphatic heterocycles. The van der Waals surface area contributed by atoms with Crippen LogP contribution in [0.3, 0.4) is 0 Å². The van der Waals surface area contributed by atoms with Crippen LogP contribution in [0.2, 0.25) is 0 Å².